The van der Waals surface area contributed by atoms with Crippen LogP contribution in [-0.2, 0) is 9.59 Å². The quantitative estimate of drug-likeness (QED) is 0.779. The largest absolute Gasteiger partial charge is 0.346 e. The monoisotopic (exact) mass is 341 g/mol. The highest BCUT2D eigenvalue weighted by Gasteiger charge is 2.29. The Morgan fingerprint density at radius 1 is 1.28 bits per heavy atom. The van der Waals surface area contributed by atoms with Gasteiger partial charge in [0, 0.05) is 31.0 Å². The van der Waals surface area contributed by atoms with Crippen molar-refractivity contribution in [2.75, 3.05) is 18.9 Å². The minimum atomic E-state index is -0.680. The van der Waals surface area contributed by atoms with E-state index in [4.69, 9.17) is 0 Å². The second-order valence-electron chi connectivity index (χ2n) is 6.38. The molecule has 0 radical (unpaired) electrons. The summed E-state index contributed by atoms with van der Waals surface area (Å²) in [5.41, 5.74) is 1.24. The molecule has 7 nitrogen and oxygen atoms in total. The lowest BCUT2D eigenvalue weighted by molar-refractivity contribution is -0.136. The van der Waals surface area contributed by atoms with Gasteiger partial charge in [0.2, 0.25) is 0 Å². The number of hydrogen-bond acceptors (Lipinski definition) is 4. The molecule has 25 heavy (non-hydrogen) atoms. The van der Waals surface area contributed by atoms with Gasteiger partial charge in [0.15, 0.2) is 0 Å². The van der Waals surface area contributed by atoms with E-state index in [0.717, 1.165) is 0 Å². The first-order chi connectivity index (χ1) is 12.1. The van der Waals surface area contributed by atoms with Gasteiger partial charge in [-0.15, -0.1) is 0 Å². The van der Waals surface area contributed by atoms with E-state index in [1.165, 1.54) is 12.8 Å². The lowest BCUT2D eigenvalue weighted by Gasteiger charge is -2.24. The molecule has 0 spiro atoms. The van der Waals surface area contributed by atoms with Gasteiger partial charge in [-0.05, 0) is 45.0 Å². The maximum absolute atomic E-state index is 12.2. The van der Waals surface area contributed by atoms with E-state index in [1.807, 2.05) is 19.1 Å². The number of carbonyl (C=O) groups is 2. The van der Waals surface area contributed by atoms with Crippen LogP contribution >= 0.6 is 0 Å². The van der Waals surface area contributed by atoms with Crippen LogP contribution in [0.3, 0.4) is 0 Å². The summed E-state index contributed by atoms with van der Waals surface area (Å²) in [6.07, 6.45) is 5.85. The van der Waals surface area contributed by atoms with E-state index in [9.17, 15) is 9.59 Å². The molecule has 1 aromatic carbocycles. The fraction of sp³-hybridized carbons (Fsp3) is 0.389. The molecule has 1 aliphatic rings. The Labute approximate surface area is 147 Å². The van der Waals surface area contributed by atoms with Crippen LogP contribution in [0.1, 0.15) is 19.8 Å². The van der Waals surface area contributed by atoms with Gasteiger partial charge in [0.1, 0.15) is 0 Å². The SMILES string of the molecule is C[C@H](CNC(=O)C(=O)Nc1ccccc1-n1cccn1)N(C)C1CC1. The van der Waals surface area contributed by atoms with Crippen LogP contribution in [0.5, 0.6) is 0 Å². The standard InChI is InChI=1S/C18H23N5O2/c1-13(22(2)14-8-9-14)12-19-17(24)18(25)21-15-6-3-4-7-16(15)23-11-5-10-20-23/h3-7,10-11,13-14H,8-9,12H2,1-2H3,(H,19,24)(H,21,25)/t13-/m1/s1. The zero-order valence-corrected chi connectivity index (χ0v) is 14.5. The molecule has 0 aliphatic heterocycles. The lowest BCUT2D eigenvalue weighted by atomic mass is 10.2. The molecule has 2 amide bonds. The predicted molar refractivity (Wildman–Crippen MR) is 95.5 cm³/mol. The molecule has 1 heterocycles. The molecule has 2 N–H and O–H groups in total. The van der Waals surface area contributed by atoms with Crippen molar-refractivity contribution in [3.8, 4) is 5.69 Å². The third kappa shape index (κ3) is 4.24. The number of rotatable bonds is 6. The van der Waals surface area contributed by atoms with E-state index >= 15 is 0 Å². The summed E-state index contributed by atoms with van der Waals surface area (Å²) in [6, 6.07) is 9.82. The van der Waals surface area contributed by atoms with Crippen molar-refractivity contribution < 1.29 is 9.59 Å². The van der Waals surface area contributed by atoms with Gasteiger partial charge in [-0.3, -0.25) is 14.5 Å². The molecule has 1 aromatic heterocycles. The molecule has 0 bridgehead atoms. The molecule has 2 aromatic rings. The summed E-state index contributed by atoms with van der Waals surface area (Å²) in [4.78, 5) is 26.5. The Kier molecular flexibility index (Phi) is 5.14. The van der Waals surface area contributed by atoms with Crippen molar-refractivity contribution in [2.24, 2.45) is 0 Å². The van der Waals surface area contributed by atoms with Gasteiger partial charge in [-0.1, -0.05) is 12.1 Å². The van der Waals surface area contributed by atoms with Crippen LogP contribution in [0.4, 0.5) is 5.69 Å². The summed E-state index contributed by atoms with van der Waals surface area (Å²) in [5, 5.41) is 9.53. The Balaban J connectivity index is 1.58. The summed E-state index contributed by atoms with van der Waals surface area (Å²) in [6.45, 7) is 2.49. The summed E-state index contributed by atoms with van der Waals surface area (Å²) in [5.74, 6) is -1.31. The normalized spacial score (nSPS) is 15.0. The molecule has 1 fully saturated rings. The van der Waals surface area contributed by atoms with Crippen molar-refractivity contribution >= 4 is 17.5 Å². The molecule has 1 saturated carbocycles. The lowest BCUT2D eigenvalue weighted by Crippen LogP contribution is -2.44. The minimum absolute atomic E-state index is 0.195. The highest BCUT2D eigenvalue weighted by atomic mass is 16.2. The first-order valence-corrected chi connectivity index (χ1v) is 8.46. The number of nitrogens with zero attached hydrogens (tertiary/aromatic N) is 3. The van der Waals surface area contributed by atoms with Crippen LogP contribution in [0.25, 0.3) is 5.69 Å². The average molecular weight is 341 g/mol. The van der Waals surface area contributed by atoms with E-state index in [2.05, 4.69) is 27.7 Å². The summed E-state index contributed by atoms with van der Waals surface area (Å²) in [7, 11) is 2.05. The van der Waals surface area contributed by atoms with Crippen molar-refractivity contribution in [2.45, 2.75) is 31.8 Å². The van der Waals surface area contributed by atoms with Gasteiger partial charge in [-0.2, -0.15) is 5.10 Å². The highest BCUT2D eigenvalue weighted by molar-refractivity contribution is 6.39. The number of anilines is 1. The summed E-state index contributed by atoms with van der Waals surface area (Å²) >= 11 is 0. The number of amides is 2. The second-order valence-corrected chi connectivity index (χ2v) is 6.38. The van der Waals surface area contributed by atoms with Crippen LogP contribution in [0.15, 0.2) is 42.7 Å². The Morgan fingerprint density at radius 3 is 2.72 bits per heavy atom. The maximum atomic E-state index is 12.2. The van der Waals surface area contributed by atoms with Gasteiger partial charge in [-0.25, -0.2) is 4.68 Å². The Hall–Kier alpha value is -2.67. The van der Waals surface area contributed by atoms with Crippen LogP contribution < -0.4 is 10.6 Å². The van der Waals surface area contributed by atoms with E-state index in [-0.39, 0.29) is 6.04 Å². The fourth-order valence-corrected chi connectivity index (χ4v) is 2.68. The molecular weight excluding hydrogens is 318 g/mol. The first kappa shape index (κ1) is 17.2. The highest BCUT2D eigenvalue weighted by Crippen LogP contribution is 2.26. The molecule has 7 heteroatoms. The molecule has 0 unspecified atom stereocenters. The molecule has 0 saturated heterocycles. The van der Waals surface area contributed by atoms with Gasteiger partial charge in [0.25, 0.3) is 0 Å². The van der Waals surface area contributed by atoms with Crippen LogP contribution in [-0.4, -0.2) is 52.2 Å². The van der Waals surface area contributed by atoms with E-state index in [0.29, 0.717) is 24.0 Å². The average Bonchev–Trinajstić information content (AvgIpc) is 3.33. The zero-order valence-electron chi connectivity index (χ0n) is 14.5. The number of nitrogens with one attached hydrogen (secondary N) is 2. The van der Waals surface area contributed by atoms with Crippen LogP contribution in [0.2, 0.25) is 0 Å². The Bertz CT molecular complexity index is 740. The van der Waals surface area contributed by atoms with E-state index < -0.39 is 11.8 Å². The number of benzene rings is 1. The van der Waals surface area contributed by atoms with Crippen LogP contribution in [0, 0.1) is 0 Å². The topological polar surface area (TPSA) is 79.3 Å². The zero-order chi connectivity index (χ0) is 17.8. The number of hydrogen-bond donors (Lipinski definition) is 2. The molecule has 132 valence electrons. The third-order valence-corrected chi connectivity index (χ3v) is 4.49. The number of aromatic nitrogens is 2. The second kappa shape index (κ2) is 7.48. The van der Waals surface area contributed by atoms with Gasteiger partial charge in [0.05, 0.1) is 11.4 Å². The smallest absolute Gasteiger partial charge is 0.313 e. The van der Waals surface area contributed by atoms with E-state index in [1.54, 1.807) is 35.3 Å². The summed E-state index contributed by atoms with van der Waals surface area (Å²) < 4.78 is 1.64. The predicted octanol–water partition coefficient (Wildman–Crippen LogP) is 1.41. The fourth-order valence-electron chi connectivity index (χ4n) is 2.68. The maximum Gasteiger partial charge on any atom is 0.313 e. The third-order valence-electron chi connectivity index (χ3n) is 4.49. The van der Waals surface area contributed by atoms with Gasteiger partial charge < -0.3 is 10.6 Å². The van der Waals surface area contributed by atoms with Crippen molar-refractivity contribution in [1.29, 1.82) is 0 Å². The number of likely N-dealkylation sites (N-methyl/N-ethyl adjacent to an activating group) is 1. The van der Waals surface area contributed by atoms with Crippen molar-refractivity contribution in [3.05, 3.63) is 42.7 Å². The van der Waals surface area contributed by atoms with Gasteiger partial charge >= 0.3 is 11.8 Å². The van der Waals surface area contributed by atoms with Crippen molar-refractivity contribution in [3.63, 3.8) is 0 Å². The molecule has 1 aliphatic carbocycles. The minimum Gasteiger partial charge on any atom is -0.346 e. The first-order valence-electron chi connectivity index (χ1n) is 8.46. The van der Waals surface area contributed by atoms with Crippen molar-refractivity contribution in [1.82, 2.24) is 20.0 Å². The number of para-hydroxylation sites is 2. The molecule has 1 atom stereocenters. The molecule has 3 rings (SSSR count). The Morgan fingerprint density at radius 2 is 2.04 bits per heavy atom. The molecular formula is C18H23N5O2. The number of carbonyl (C=O) groups excluding carboxylic acids is 2.